The Bertz CT molecular complexity index is 301. The quantitative estimate of drug-likeness (QED) is 0.743. The predicted molar refractivity (Wildman–Crippen MR) is 71.4 cm³/mol. The van der Waals surface area contributed by atoms with Gasteiger partial charge in [0.05, 0.1) is 0 Å². The molecule has 2 N–H and O–H groups in total. The van der Waals surface area contributed by atoms with Crippen molar-refractivity contribution >= 4 is 6.03 Å². The fraction of sp³-hybridized carbons (Fsp3) is 0.929. The second kappa shape index (κ2) is 5.47. The van der Waals surface area contributed by atoms with Gasteiger partial charge in [0, 0.05) is 19.1 Å². The van der Waals surface area contributed by atoms with Gasteiger partial charge in [0.15, 0.2) is 0 Å². The van der Waals surface area contributed by atoms with Crippen LogP contribution in [-0.4, -0.2) is 43.2 Å². The molecule has 102 valence electrons. The number of piperidine rings is 1. The van der Waals surface area contributed by atoms with Crippen molar-refractivity contribution in [1.82, 2.24) is 15.5 Å². The first-order valence-electron chi connectivity index (χ1n) is 7.59. The average molecular weight is 251 g/mol. The van der Waals surface area contributed by atoms with E-state index in [-0.39, 0.29) is 6.03 Å². The Morgan fingerprint density at radius 1 is 1.06 bits per heavy atom. The smallest absolute Gasteiger partial charge is 0.317 e. The molecule has 0 aromatic rings. The fourth-order valence-corrected chi connectivity index (χ4v) is 3.73. The van der Waals surface area contributed by atoms with Gasteiger partial charge in [-0.25, -0.2) is 4.79 Å². The Kier molecular flexibility index (Phi) is 3.73. The van der Waals surface area contributed by atoms with Crippen LogP contribution in [-0.2, 0) is 0 Å². The monoisotopic (exact) mass is 251 g/mol. The van der Waals surface area contributed by atoms with Crippen molar-refractivity contribution in [3.05, 3.63) is 0 Å². The average Bonchev–Trinajstić information content (AvgIpc) is 2.87. The van der Waals surface area contributed by atoms with Crippen LogP contribution in [0.4, 0.5) is 4.79 Å². The van der Waals surface area contributed by atoms with Crippen LogP contribution in [0.2, 0.25) is 0 Å². The van der Waals surface area contributed by atoms with Crippen molar-refractivity contribution in [1.29, 1.82) is 0 Å². The topological polar surface area (TPSA) is 44.4 Å². The molecule has 0 radical (unpaired) electrons. The first-order valence-corrected chi connectivity index (χ1v) is 7.59. The van der Waals surface area contributed by atoms with Crippen molar-refractivity contribution in [2.45, 2.75) is 44.6 Å². The highest BCUT2D eigenvalue weighted by atomic mass is 16.2. The third-order valence-electron chi connectivity index (χ3n) is 4.92. The number of nitrogens with zero attached hydrogens (tertiary/aromatic N) is 1. The molecule has 2 amide bonds. The summed E-state index contributed by atoms with van der Waals surface area (Å²) < 4.78 is 0. The number of hydrogen-bond acceptors (Lipinski definition) is 2. The first-order chi connectivity index (χ1) is 8.83. The lowest BCUT2D eigenvalue weighted by atomic mass is 9.89. The molecule has 2 saturated heterocycles. The minimum Gasteiger partial charge on any atom is -0.335 e. The highest BCUT2D eigenvalue weighted by Gasteiger charge is 2.34. The Labute approximate surface area is 109 Å². The summed E-state index contributed by atoms with van der Waals surface area (Å²) in [5.41, 5.74) is 0. The van der Waals surface area contributed by atoms with Gasteiger partial charge >= 0.3 is 6.03 Å². The third kappa shape index (κ3) is 2.63. The number of carbonyl (C=O) groups is 1. The van der Waals surface area contributed by atoms with E-state index in [1.54, 1.807) is 0 Å². The van der Waals surface area contributed by atoms with Crippen LogP contribution < -0.4 is 10.6 Å². The molecule has 3 rings (SSSR count). The van der Waals surface area contributed by atoms with E-state index in [4.69, 9.17) is 0 Å². The van der Waals surface area contributed by atoms with Crippen LogP contribution in [0, 0.1) is 11.8 Å². The number of hydrogen-bond donors (Lipinski definition) is 2. The predicted octanol–water partition coefficient (Wildman–Crippen LogP) is 1.57. The molecule has 0 aromatic carbocycles. The summed E-state index contributed by atoms with van der Waals surface area (Å²) in [5, 5.41) is 6.68. The van der Waals surface area contributed by atoms with Crippen molar-refractivity contribution in [2.75, 3.05) is 26.2 Å². The maximum atomic E-state index is 12.2. The zero-order valence-electron chi connectivity index (χ0n) is 11.2. The number of carbonyl (C=O) groups excluding carboxylic acids is 1. The number of fused-ring (bicyclic) bond motifs is 1. The minimum absolute atomic E-state index is 0.187. The summed E-state index contributed by atoms with van der Waals surface area (Å²) in [4.78, 5) is 14.3. The zero-order valence-corrected chi connectivity index (χ0v) is 11.2. The van der Waals surface area contributed by atoms with E-state index >= 15 is 0 Å². The Morgan fingerprint density at radius 2 is 1.83 bits per heavy atom. The van der Waals surface area contributed by atoms with Crippen molar-refractivity contribution in [2.24, 2.45) is 11.8 Å². The molecule has 2 aliphatic heterocycles. The third-order valence-corrected chi connectivity index (χ3v) is 4.92. The number of nitrogens with one attached hydrogen (secondary N) is 2. The lowest BCUT2D eigenvalue weighted by molar-refractivity contribution is 0.146. The van der Waals surface area contributed by atoms with Crippen LogP contribution in [0.15, 0.2) is 0 Å². The Hall–Kier alpha value is -0.770. The highest BCUT2D eigenvalue weighted by molar-refractivity contribution is 5.74. The van der Waals surface area contributed by atoms with E-state index in [1.807, 2.05) is 4.90 Å². The van der Waals surface area contributed by atoms with Gasteiger partial charge in [-0.05, 0) is 44.2 Å². The van der Waals surface area contributed by atoms with Gasteiger partial charge in [0.2, 0.25) is 0 Å². The molecule has 2 unspecified atom stereocenters. The van der Waals surface area contributed by atoms with Crippen molar-refractivity contribution in [3.63, 3.8) is 0 Å². The molecule has 4 heteroatoms. The Morgan fingerprint density at radius 3 is 2.67 bits per heavy atom. The van der Waals surface area contributed by atoms with Gasteiger partial charge in [0.1, 0.15) is 0 Å². The van der Waals surface area contributed by atoms with Crippen LogP contribution >= 0.6 is 0 Å². The van der Waals surface area contributed by atoms with Crippen LogP contribution in [0.1, 0.15) is 38.5 Å². The summed E-state index contributed by atoms with van der Waals surface area (Å²) in [7, 11) is 0. The summed E-state index contributed by atoms with van der Waals surface area (Å²) in [6.07, 6.45) is 7.42. The maximum Gasteiger partial charge on any atom is 0.317 e. The molecule has 3 fully saturated rings. The van der Waals surface area contributed by atoms with Gasteiger partial charge < -0.3 is 15.5 Å². The van der Waals surface area contributed by atoms with E-state index in [0.29, 0.717) is 12.0 Å². The second-order valence-electron chi connectivity index (χ2n) is 6.20. The number of urea groups is 1. The van der Waals surface area contributed by atoms with Crippen molar-refractivity contribution in [3.8, 4) is 0 Å². The summed E-state index contributed by atoms with van der Waals surface area (Å²) in [6, 6.07) is 0.623. The van der Waals surface area contributed by atoms with E-state index in [1.165, 1.54) is 38.5 Å². The van der Waals surface area contributed by atoms with E-state index in [9.17, 15) is 4.79 Å². The number of likely N-dealkylation sites (tertiary alicyclic amines) is 1. The van der Waals surface area contributed by atoms with Gasteiger partial charge in [-0.2, -0.15) is 0 Å². The molecule has 0 bridgehead atoms. The molecule has 1 aliphatic carbocycles. The lowest BCUT2D eigenvalue weighted by Crippen LogP contribution is -2.50. The van der Waals surface area contributed by atoms with Crippen LogP contribution in [0.25, 0.3) is 0 Å². The summed E-state index contributed by atoms with van der Waals surface area (Å²) in [6.45, 7) is 4.15. The molecule has 0 aromatic heterocycles. The van der Waals surface area contributed by atoms with Crippen LogP contribution in [0.5, 0.6) is 0 Å². The standard InChI is InChI=1S/C14H25N3O/c18-14(16-13-4-2-1-3-5-13)17-7-6-11-8-15-9-12(11)10-17/h11-13,15H,1-10H2,(H,16,18). The summed E-state index contributed by atoms with van der Waals surface area (Å²) in [5.74, 6) is 1.50. The molecule has 18 heavy (non-hydrogen) atoms. The molecule has 4 nitrogen and oxygen atoms in total. The molecule has 2 atom stereocenters. The summed E-state index contributed by atoms with van der Waals surface area (Å²) >= 11 is 0. The SMILES string of the molecule is O=C(NC1CCCCC1)N1CCC2CNCC2C1. The molecule has 2 heterocycles. The minimum atomic E-state index is 0.187. The number of rotatable bonds is 1. The maximum absolute atomic E-state index is 12.2. The fourth-order valence-electron chi connectivity index (χ4n) is 3.73. The number of amides is 2. The van der Waals surface area contributed by atoms with Gasteiger partial charge in [0.25, 0.3) is 0 Å². The molecule has 3 aliphatic rings. The van der Waals surface area contributed by atoms with Crippen LogP contribution in [0.3, 0.4) is 0 Å². The molecular formula is C14H25N3O. The van der Waals surface area contributed by atoms with Gasteiger partial charge in [-0.3, -0.25) is 0 Å². The van der Waals surface area contributed by atoms with E-state index in [0.717, 1.165) is 32.1 Å². The zero-order chi connectivity index (χ0) is 12.4. The van der Waals surface area contributed by atoms with E-state index < -0.39 is 0 Å². The van der Waals surface area contributed by atoms with E-state index in [2.05, 4.69) is 10.6 Å². The first kappa shape index (κ1) is 12.3. The lowest BCUT2D eigenvalue weighted by Gasteiger charge is -2.36. The highest BCUT2D eigenvalue weighted by Crippen LogP contribution is 2.26. The molecular weight excluding hydrogens is 226 g/mol. The second-order valence-corrected chi connectivity index (χ2v) is 6.20. The largest absolute Gasteiger partial charge is 0.335 e. The van der Waals surface area contributed by atoms with Gasteiger partial charge in [-0.15, -0.1) is 0 Å². The normalized spacial score (nSPS) is 33.2. The molecule has 1 saturated carbocycles. The Balaban J connectivity index is 1.49. The van der Waals surface area contributed by atoms with Gasteiger partial charge in [-0.1, -0.05) is 19.3 Å². The molecule has 0 spiro atoms. The van der Waals surface area contributed by atoms with Crippen molar-refractivity contribution < 1.29 is 4.79 Å².